The van der Waals surface area contributed by atoms with Gasteiger partial charge in [-0.05, 0) is 35.7 Å². The van der Waals surface area contributed by atoms with E-state index in [2.05, 4.69) is 0 Å². The summed E-state index contributed by atoms with van der Waals surface area (Å²) in [6.07, 6.45) is 0. The van der Waals surface area contributed by atoms with E-state index in [1.165, 1.54) is 6.07 Å². The third-order valence-corrected chi connectivity index (χ3v) is 7.47. The minimum Gasteiger partial charge on any atom is -0.507 e. The molecule has 0 atom stereocenters. The smallest absolute Gasteiger partial charge is 0.425 e. The molecule has 0 spiro atoms. The Labute approximate surface area is 227 Å². The van der Waals surface area contributed by atoms with Crippen LogP contribution in [0.1, 0.15) is 0 Å². The van der Waals surface area contributed by atoms with Gasteiger partial charge in [-0.2, -0.15) is 25.3 Å². The molecule has 0 amide bonds. The first-order valence-electron chi connectivity index (χ1n) is 9.90. The van der Waals surface area contributed by atoms with Gasteiger partial charge in [-0.15, -0.1) is 12.6 Å². The first-order chi connectivity index (χ1) is 18.1. The second-order valence-electron chi connectivity index (χ2n) is 7.53. The number of aromatic hydroxyl groups is 2. The zero-order chi connectivity index (χ0) is 30.8. The lowest BCUT2D eigenvalue weighted by Crippen LogP contribution is -2.03. The Balaban J connectivity index is 0.000000252. The average Bonchev–Trinajstić information content (AvgIpc) is 2.76. The molecule has 4 rings (SSSR count). The van der Waals surface area contributed by atoms with Gasteiger partial charge in [0, 0.05) is 39.7 Å². The molecular weight excluding hydrogens is 620 g/mol. The monoisotopic (exact) mass is 638 g/mol. The Morgan fingerprint density at radius 3 is 1.52 bits per heavy atom. The van der Waals surface area contributed by atoms with Crippen molar-refractivity contribution in [1.29, 1.82) is 0 Å². The van der Waals surface area contributed by atoms with Crippen LogP contribution in [0.15, 0.2) is 69.3 Å². The Kier molecular flexibility index (Phi) is 9.32. The number of fused-ring (bicyclic) bond motifs is 2. The van der Waals surface area contributed by atoms with Gasteiger partial charge in [-0.1, -0.05) is 12.1 Å². The SMILES string of the molecule is Nc1ccc(S(=O)(=O)O)c2cc(S(=O)(=O)O)cc(O)c12.Nc1cccc2cc(S(=O)(=O)O)cc(O)c12.O=S(=O)=O. The highest BCUT2D eigenvalue weighted by atomic mass is 32.2. The number of phenols is 2. The van der Waals surface area contributed by atoms with Gasteiger partial charge in [0.2, 0.25) is 0 Å². The van der Waals surface area contributed by atoms with Crippen LogP contribution in [-0.2, 0) is 41.0 Å². The molecule has 0 aliphatic heterocycles. The van der Waals surface area contributed by atoms with Crippen LogP contribution in [0, 0.1) is 0 Å². The van der Waals surface area contributed by atoms with E-state index in [0.29, 0.717) is 16.5 Å². The third-order valence-electron chi connectivity index (χ3n) is 4.89. The predicted octanol–water partition coefficient (Wildman–Crippen LogP) is 0.991. The number of rotatable bonds is 3. The number of nitrogen functional groups attached to an aromatic ring is 2. The molecule has 0 aliphatic carbocycles. The van der Waals surface area contributed by atoms with Gasteiger partial charge >= 0.3 is 10.6 Å². The topological polar surface area (TPSA) is 307 Å². The van der Waals surface area contributed by atoms with Crippen LogP contribution < -0.4 is 11.5 Å². The van der Waals surface area contributed by atoms with E-state index in [4.69, 9.17) is 37.8 Å². The fraction of sp³-hybridized carbons (Fsp3) is 0. The zero-order valence-corrected chi connectivity index (χ0v) is 22.7. The molecule has 216 valence electrons. The average molecular weight is 639 g/mol. The van der Waals surface area contributed by atoms with Gasteiger partial charge in [0.15, 0.2) is 0 Å². The first-order valence-corrected chi connectivity index (χ1v) is 15.2. The molecule has 0 bridgehead atoms. The zero-order valence-electron chi connectivity index (χ0n) is 19.4. The second-order valence-corrected chi connectivity index (χ2v) is 12.2. The van der Waals surface area contributed by atoms with Gasteiger partial charge < -0.3 is 21.7 Å². The standard InChI is InChI=1S/C10H9NO7S2.C10H9NO4S.O3S/c11-7-1-2-9(20(16,17)18)6-3-5(19(13,14)15)4-8(12)10(6)7;11-8-3-1-2-6-4-7(16(13,14)15)5-9(12)10(6)8;1-4(2)3/h1-4,12H,11H2,(H,13,14,15)(H,16,17,18);1-5,12H,11H2,(H,13,14,15);. The van der Waals surface area contributed by atoms with Crippen molar-refractivity contribution in [2.45, 2.75) is 14.7 Å². The van der Waals surface area contributed by atoms with Gasteiger partial charge in [0.1, 0.15) is 16.4 Å². The molecule has 40 heavy (non-hydrogen) atoms. The van der Waals surface area contributed by atoms with Crippen LogP contribution in [0.25, 0.3) is 21.5 Å². The minimum absolute atomic E-state index is 0.0215. The van der Waals surface area contributed by atoms with Crippen molar-refractivity contribution in [3.8, 4) is 11.5 Å². The van der Waals surface area contributed by atoms with Gasteiger partial charge in [0.05, 0.1) is 9.79 Å². The van der Waals surface area contributed by atoms with E-state index < -0.39 is 56.5 Å². The highest BCUT2D eigenvalue weighted by Crippen LogP contribution is 2.36. The van der Waals surface area contributed by atoms with Crippen LogP contribution in [-0.4, -0.2) is 61.8 Å². The molecule has 0 saturated heterocycles. The van der Waals surface area contributed by atoms with Gasteiger partial charge in [-0.25, -0.2) is 0 Å². The first kappa shape index (κ1) is 32.2. The molecular formula is C20H18N2O14S4. The molecule has 0 heterocycles. The number of anilines is 2. The Morgan fingerprint density at radius 2 is 1.05 bits per heavy atom. The van der Waals surface area contributed by atoms with Crippen LogP contribution in [0.3, 0.4) is 0 Å². The van der Waals surface area contributed by atoms with Crippen LogP contribution in [0.2, 0.25) is 0 Å². The predicted molar refractivity (Wildman–Crippen MR) is 139 cm³/mol. The molecule has 4 aromatic carbocycles. The number of hydrogen-bond acceptors (Lipinski definition) is 13. The molecule has 16 nitrogen and oxygen atoms in total. The fourth-order valence-electron chi connectivity index (χ4n) is 3.37. The summed E-state index contributed by atoms with van der Waals surface area (Å²) in [4.78, 5) is -1.72. The minimum atomic E-state index is -4.67. The van der Waals surface area contributed by atoms with Crippen LogP contribution in [0.4, 0.5) is 11.4 Å². The van der Waals surface area contributed by atoms with Crippen molar-refractivity contribution in [1.82, 2.24) is 0 Å². The van der Waals surface area contributed by atoms with E-state index in [-0.39, 0.29) is 27.1 Å². The number of benzene rings is 4. The van der Waals surface area contributed by atoms with E-state index in [0.717, 1.165) is 30.3 Å². The second kappa shape index (κ2) is 11.6. The highest BCUT2D eigenvalue weighted by molar-refractivity contribution is 7.86. The Morgan fingerprint density at radius 1 is 0.600 bits per heavy atom. The van der Waals surface area contributed by atoms with Gasteiger partial charge in [-0.3, -0.25) is 13.7 Å². The molecule has 0 aliphatic rings. The van der Waals surface area contributed by atoms with Crippen molar-refractivity contribution in [2.24, 2.45) is 0 Å². The molecule has 4 aromatic rings. The lowest BCUT2D eigenvalue weighted by atomic mass is 10.1. The van der Waals surface area contributed by atoms with Crippen molar-refractivity contribution < 1.29 is 61.8 Å². The summed E-state index contributed by atoms with van der Waals surface area (Å²) in [5.41, 5.74) is 11.5. The summed E-state index contributed by atoms with van der Waals surface area (Å²) >= 11 is 0. The largest absolute Gasteiger partial charge is 0.507 e. The number of phenolic OH excluding ortho intramolecular Hbond substituents is 2. The Hall–Kier alpha value is -4.05. The van der Waals surface area contributed by atoms with Crippen molar-refractivity contribution >= 4 is 73.9 Å². The van der Waals surface area contributed by atoms with Crippen LogP contribution in [0.5, 0.6) is 11.5 Å². The van der Waals surface area contributed by atoms with Crippen molar-refractivity contribution in [3.63, 3.8) is 0 Å². The quantitative estimate of drug-likeness (QED) is 0.121. The summed E-state index contributed by atoms with van der Waals surface area (Å²) in [6.45, 7) is 0. The summed E-state index contributed by atoms with van der Waals surface area (Å²) < 4.78 is 119. The normalized spacial score (nSPS) is 11.7. The summed E-state index contributed by atoms with van der Waals surface area (Å²) in [7, 11) is -16.8. The maximum absolute atomic E-state index is 11.3. The molecule has 20 heteroatoms. The molecule has 0 unspecified atom stereocenters. The number of nitrogens with two attached hydrogens (primary N) is 2. The maximum Gasteiger partial charge on any atom is 0.425 e. The molecule has 0 saturated carbocycles. The lowest BCUT2D eigenvalue weighted by Gasteiger charge is -2.10. The molecule has 9 N–H and O–H groups in total. The maximum atomic E-state index is 11.3. The summed E-state index contributed by atoms with van der Waals surface area (Å²) in [5.74, 6) is -0.915. The van der Waals surface area contributed by atoms with Crippen molar-refractivity contribution in [3.05, 3.63) is 54.6 Å². The highest BCUT2D eigenvalue weighted by Gasteiger charge is 2.21. The van der Waals surface area contributed by atoms with E-state index in [1.807, 2.05) is 0 Å². The fourth-order valence-corrected chi connectivity index (χ4v) is 5.11. The van der Waals surface area contributed by atoms with E-state index in [9.17, 15) is 35.5 Å². The van der Waals surface area contributed by atoms with Gasteiger partial charge in [0.25, 0.3) is 30.4 Å². The molecule has 0 fully saturated rings. The van der Waals surface area contributed by atoms with E-state index in [1.54, 1.807) is 18.2 Å². The Bertz CT molecular complexity index is 2070. The third kappa shape index (κ3) is 7.75. The number of hydrogen-bond donors (Lipinski definition) is 7. The van der Waals surface area contributed by atoms with Crippen LogP contribution >= 0.6 is 0 Å². The van der Waals surface area contributed by atoms with E-state index >= 15 is 0 Å². The summed E-state index contributed by atoms with van der Waals surface area (Å²) in [5, 5.41) is 19.8. The molecule has 0 radical (unpaired) electrons. The summed E-state index contributed by atoms with van der Waals surface area (Å²) in [6, 6.07) is 10.7. The van der Waals surface area contributed by atoms with Crippen molar-refractivity contribution in [2.75, 3.05) is 11.5 Å². The molecule has 0 aromatic heterocycles. The lowest BCUT2D eigenvalue weighted by molar-refractivity contribution is 0.470.